The van der Waals surface area contributed by atoms with Gasteiger partial charge in [-0.05, 0) is 56.3 Å². The maximum Gasteiger partial charge on any atom is 0.161 e. The second-order valence-electron chi connectivity index (χ2n) is 5.98. The quantitative estimate of drug-likeness (QED) is 0.864. The number of hydrogen-bond acceptors (Lipinski definition) is 3. The fourth-order valence-corrected chi connectivity index (χ4v) is 3.24. The maximum absolute atomic E-state index is 6.32. The van der Waals surface area contributed by atoms with Crippen molar-refractivity contribution in [1.29, 1.82) is 0 Å². The lowest BCUT2D eigenvalue weighted by molar-refractivity contribution is 0.0855. The molecule has 21 heavy (non-hydrogen) atoms. The smallest absolute Gasteiger partial charge is 0.161 e. The molecule has 3 unspecified atom stereocenters. The van der Waals surface area contributed by atoms with Crippen LogP contribution < -0.4 is 14.8 Å². The van der Waals surface area contributed by atoms with Gasteiger partial charge in [-0.1, -0.05) is 26.3 Å². The summed E-state index contributed by atoms with van der Waals surface area (Å²) in [5.41, 5.74) is 1.28. The molecule has 3 atom stereocenters. The van der Waals surface area contributed by atoms with Gasteiger partial charge in [0.25, 0.3) is 0 Å². The first-order valence-electron chi connectivity index (χ1n) is 8.22. The molecule has 0 aromatic heterocycles. The number of likely N-dealkylation sites (N-methyl/N-ethyl adjacent to an activating group) is 1. The third kappa shape index (κ3) is 3.91. The normalized spacial score (nSPS) is 25.6. The highest BCUT2D eigenvalue weighted by Crippen LogP contribution is 2.34. The molecule has 1 aliphatic carbocycles. The summed E-state index contributed by atoms with van der Waals surface area (Å²) in [7, 11) is 3.75. The molecule has 1 saturated carbocycles. The number of benzene rings is 1. The van der Waals surface area contributed by atoms with Crippen molar-refractivity contribution in [2.24, 2.45) is 5.92 Å². The highest BCUT2D eigenvalue weighted by atomic mass is 16.5. The molecule has 3 heteroatoms. The van der Waals surface area contributed by atoms with E-state index in [1.807, 2.05) is 7.05 Å². The number of aryl methyl sites for hydroxylation is 1. The van der Waals surface area contributed by atoms with Gasteiger partial charge < -0.3 is 14.8 Å². The van der Waals surface area contributed by atoms with Crippen LogP contribution in [0.4, 0.5) is 0 Å². The van der Waals surface area contributed by atoms with Crippen molar-refractivity contribution in [2.75, 3.05) is 14.2 Å². The van der Waals surface area contributed by atoms with E-state index < -0.39 is 0 Å². The van der Waals surface area contributed by atoms with Crippen molar-refractivity contribution in [3.05, 3.63) is 23.8 Å². The van der Waals surface area contributed by atoms with Crippen LogP contribution in [0.25, 0.3) is 0 Å². The Morgan fingerprint density at radius 3 is 2.62 bits per heavy atom. The first-order valence-corrected chi connectivity index (χ1v) is 8.22. The second kappa shape index (κ2) is 7.69. The van der Waals surface area contributed by atoms with E-state index in [1.54, 1.807) is 7.11 Å². The molecule has 1 aliphatic rings. The zero-order valence-corrected chi connectivity index (χ0v) is 13.8. The maximum atomic E-state index is 6.32. The monoisotopic (exact) mass is 291 g/mol. The summed E-state index contributed by atoms with van der Waals surface area (Å²) in [5, 5.41) is 3.41. The van der Waals surface area contributed by atoms with Gasteiger partial charge in [-0.25, -0.2) is 0 Å². The molecule has 1 N–H and O–H groups in total. The van der Waals surface area contributed by atoms with Gasteiger partial charge in [0.2, 0.25) is 0 Å². The fourth-order valence-electron chi connectivity index (χ4n) is 3.24. The number of hydrogen-bond donors (Lipinski definition) is 1. The Morgan fingerprint density at radius 2 is 2.00 bits per heavy atom. The summed E-state index contributed by atoms with van der Waals surface area (Å²) < 4.78 is 11.8. The molecule has 0 amide bonds. The minimum absolute atomic E-state index is 0.232. The van der Waals surface area contributed by atoms with E-state index in [2.05, 4.69) is 37.4 Å². The topological polar surface area (TPSA) is 30.5 Å². The molecule has 1 aromatic carbocycles. The third-order valence-corrected chi connectivity index (χ3v) is 4.76. The summed E-state index contributed by atoms with van der Waals surface area (Å²) in [6.07, 6.45) is 6.10. The number of rotatable bonds is 6. The molecule has 0 saturated heterocycles. The van der Waals surface area contributed by atoms with Gasteiger partial charge in [-0.2, -0.15) is 0 Å². The second-order valence-corrected chi connectivity index (χ2v) is 5.98. The van der Waals surface area contributed by atoms with Gasteiger partial charge in [0.15, 0.2) is 11.5 Å². The summed E-state index contributed by atoms with van der Waals surface area (Å²) in [6, 6.07) is 6.71. The van der Waals surface area contributed by atoms with E-state index in [4.69, 9.17) is 9.47 Å². The molecule has 0 aliphatic heterocycles. The molecule has 0 spiro atoms. The third-order valence-electron chi connectivity index (χ3n) is 4.76. The van der Waals surface area contributed by atoms with Crippen LogP contribution in [0.15, 0.2) is 18.2 Å². The van der Waals surface area contributed by atoms with Crippen molar-refractivity contribution in [1.82, 2.24) is 5.32 Å². The summed E-state index contributed by atoms with van der Waals surface area (Å²) in [5.74, 6) is 2.50. The zero-order chi connectivity index (χ0) is 15.2. The fraction of sp³-hybridized carbons (Fsp3) is 0.667. The number of nitrogens with one attached hydrogen (secondary N) is 1. The van der Waals surface area contributed by atoms with E-state index in [0.29, 0.717) is 6.04 Å². The van der Waals surface area contributed by atoms with Crippen LogP contribution in [0.1, 0.15) is 45.1 Å². The van der Waals surface area contributed by atoms with Crippen molar-refractivity contribution in [2.45, 2.75) is 58.1 Å². The Hall–Kier alpha value is -1.22. The highest BCUT2D eigenvalue weighted by Gasteiger charge is 2.30. The highest BCUT2D eigenvalue weighted by molar-refractivity contribution is 5.43. The van der Waals surface area contributed by atoms with E-state index in [-0.39, 0.29) is 6.10 Å². The van der Waals surface area contributed by atoms with Crippen molar-refractivity contribution in [3.8, 4) is 11.5 Å². The van der Waals surface area contributed by atoms with Crippen molar-refractivity contribution < 1.29 is 9.47 Å². The van der Waals surface area contributed by atoms with Crippen molar-refractivity contribution >= 4 is 0 Å². The predicted molar refractivity (Wildman–Crippen MR) is 87.3 cm³/mol. The Balaban J connectivity index is 2.14. The summed E-state index contributed by atoms with van der Waals surface area (Å²) in [6.45, 7) is 4.43. The molecule has 0 radical (unpaired) electrons. The van der Waals surface area contributed by atoms with Crippen molar-refractivity contribution in [3.63, 3.8) is 0 Å². The summed E-state index contributed by atoms with van der Waals surface area (Å²) in [4.78, 5) is 0. The van der Waals surface area contributed by atoms with E-state index >= 15 is 0 Å². The van der Waals surface area contributed by atoms with E-state index in [1.165, 1.54) is 24.8 Å². The van der Waals surface area contributed by atoms with Gasteiger partial charge in [0.05, 0.1) is 7.11 Å². The SMILES string of the molecule is CCc1ccc(OC2CC(CC)CCC2NC)c(OC)c1. The Morgan fingerprint density at radius 1 is 1.19 bits per heavy atom. The van der Waals surface area contributed by atoms with Crippen LogP contribution >= 0.6 is 0 Å². The Labute approximate surface area is 129 Å². The van der Waals surface area contributed by atoms with Gasteiger partial charge >= 0.3 is 0 Å². The lowest BCUT2D eigenvalue weighted by atomic mass is 9.82. The van der Waals surface area contributed by atoms with Crippen LogP contribution in [-0.2, 0) is 6.42 Å². The molecule has 0 heterocycles. The lowest BCUT2D eigenvalue weighted by Crippen LogP contribution is -2.45. The molecular weight excluding hydrogens is 262 g/mol. The van der Waals surface area contributed by atoms with Crippen LogP contribution in [0.5, 0.6) is 11.5 Å². The Kier molecular flexibility index (Phi) is 5.92. The van der Waals surface area contributed by atoms with E-state index in [9.17, 15) is 0 Å². The standard InChI is InChI=1S/C18H29NO2/c1-5-13-7-9-15(19-3)17(11-13)21-16-10-8-14(6-2)12-18(16)20-4/h8,10,12-13,15,17,19H,5-7,9,11H2,1-4H3. The van der Waals surface area contributed by atoms with Crippen LogP contribution in [0, 0.1) is 5.92 Å². The number of methoxy groups -OCH3 is 1. The molecule has 118 valence electrons. The van der Waals surface area contributed by atoms with Gasteiger partial charge in [0.1, 0.15) is 6.10 Å². The average Bonchev–Trinajstić information content (AvgIpc) is 2.55. The predicted octanol–water partition coefficient (Wildman–Crippen LogP) is 3.80. The van der Waals surface area contributed by atoms with Gasteiger partial charge in [0, 0.05) is 6.04 Å². The van der Waals surface area contributed by atoms with Gasteiger partial charge in [-0.15, -0.1) is 0 Å². The molecule has 3 nitrogen and oxygen atoms in total. The zero-order valence-electron chi connectivity index (χ0n) is 13.8. The minimum Gasteiger partial charge on any atom is -0.493 e. The minimum atomic E-state index is 0.232. The van der Waals surface area contributed by atoms with Crippen LogP contribution in [0.2, 0.25) is 0 Å². The molecule has 0 bridgehead atoms. The molecule has 1 fully saturated rings. The molecular formula is C18H29NO2. The molecule has 2 rings (SSSR count). The first-order chi connectivity index (χ1) is 10.2. The lowest BCUT2D eigenvalue weighted by Gasteiger charge is -2.36. The largest absolute Gasteiger partial charge is 0.493 e. The average molecular weight is 291 g/mol. The number of ether oxygens (including phenoxy) is 2. The van der Waals surface area contributed by atoms with Gasteiger partial charge in [-0.3, -0.25) is 0 Å². The molecule has 1 aromatic rings. The first kappa shape index (κ1) is 16.2. The Bertz CT molecular complexity index is 447. The summed E-state index contributed by atoms with van der Waals surface area (Å²) >= 11 is 0. The van der Waals surface area contributed by atoms with E-state index in [0.717, 1.165) is 30.3 Å². The van der Waals surface area contributed by atoms with Crippen LogP contribution in [-0.4, -0.2) is 26.3 Å². The van der Waals surface area contributed by atoms with Crippen LogP contribution in [0.3, 0.4) is 0 Å².